The standard InChI is InChI=1S/C18H24F2N2O4/c19-18(20)26-16-3-1-2-13(8-16)17(24)22-10-14(15(11-22)12-23)9-21-4-6-25-7-5-21/h1-3,8,14-15,18,23H,4-7,9-12H2. The maximum atomic E-state index is 12.8. The van der Waals surface area contributed by atoms with Crippen LogP contribution >= 0.6 is 0 Å². The third-order valence-electron chi connectivity index (χ3n) is 5.00. The molecule has 0 bridgehead atoms. The van der Waals surface area contributed by atoms with E-state index in [1.165, 1.54) is 18.2 Å². The SMILES string of the molecule is O=C(c1cccc(OC(F)F)c1)N1CC(CO)C(CN2CCOCC2)C1. The number of carbonyl (C=O) groups excluding carboxylic acids is 1. The summed E-state index contributed by atoms with van der Waals surface area (Å²) >= 11 is 0. The number of halogens is 2. The summed E-state index contributed by atoms with van der Waals surface area (Å²) in [5.74, 6) is -0.0638. The van der Waals surface area contributed by atoms with E-state index in [1.807, 2.05) is 0 Å². The zero-order valence-corrected chi connectivity index (χ0v) is 14.5. The normalized spacial score (nSPS) is 24.2. The van der Waals surface area contributed by atoms with Gasteiger partial charge in [0.2, 0.25) is 0 Å². The van der Waals surface area contributed by atoms with E-state index in [4.69, 9.17) is 4.74 Å². The number of morpholine rings is 1. The van der Waals surface area contributed by atoms with Crippen LogP contribution in [0.15, 0.2) is 24.3 Å². The van der Waals surface area contributed by atoms with Crippen LogP contribution in [-0.4, -0.2) is 80.0 Å². The van der Waals surface area contributed by atoms with Gasteiger partial charge in [-0.2, -0.15) is 8.78 Å². The molecule has 2 aliphatic rings. The van der Waals surface area contributed by atoms with Crippen LogP contribution in [0, 0.1) is 11.8 Å². The maximum Gasteiger partial charge on any atom is 0.387 e. The van der Waals surface area contributed by atoms with E-state index in [0.29, 0.717) is 31.9 Å². The summed E-state index contributed by atoms with van der Waals surface area (Å²) in [6.45, 7) is 2.03. The van der Waals surface area contributed by atoms with Gasteiger partial charge in [0, 0.05) is 50.8 Å². The second-order valence-corrected chi connectivity index (χ2v) is 6.73. The Kier molecular flexibility index (Phi) is 6.39. The largest absolute Gasteiger partial charge is 0.435 e. The number of amides is 1. The summed E-state index contributed by atoms with van der Waals surface area (Å²) < 4.78 is 34.5. The molecular weight excluding hydrogens is 346 g/mol. The second-order valence-electron chi connectivity index (χ2n) is 6.73. The van der Waals surface area contributed by atoms with Crippen LogP contribution in [0.2, 0.25) is 0 Å². The number of rotatable bonds is 6. The van der Waals surface area contributed by atoms with Crippen LogP contribution in [0.25, 0.3) is 0 Å². The van der Waals surface area contributed by atoms with Gasteiger partial charge in [-0.15, -0.1) is 0 Å². The summed E-state index contributed by atoms with van der Waals surface area (Å²) in [5.41, 5.74) is 0.312. The topological polar surface area (TPSA) is 62.2 Å². The molecule has 0 radical (unpaired) electrons. The molecule has 0 aliphatic carbocycles. The number of hydrogen-bond donors (Lipinski definition) is 1. The average molecular weight is 370 g/mol. The number of aliphatic hydroxyl groups excluding tert-OH is 1. The lowest BCUT2D eigenvalue weighted by Gasteiger charge is -2.30. The van der Waals surface area contributed by atoms with Crippen molar-refractivity contribution in [3.05, 3.63) is 29.8 Å². The minimum absolute atomic E-state index is 0.0160. The molecule has 1 aromatic rings. The lowest BCUT2D eigenvalue weighted by Crippen LogP contribution is -2.41. The Morgan fingerprint density at radius 3 is 2.69 bits per heavy atom. The predicted molar refractivity (Wildman–Crippen MR) is 90.3 cm³/mol. The van der Waals surface area contributed by atoms with Gasteiger partial charge in [-0.05, 0) is 24.1 Å². The van der Waals surface area contributed by atoms with Gasteiger partial charge in [-0.1, -0.05) is 6.07 Å². The fourth-order valence-electron chi connectivity index (χ4n) is 3.62. The molecule has 2 heterocycles. The van der Waals surface area contributed by atoms with Crippen molar-refractivity contribution in [2.75, 3.05) is 52.5 Å². The van der Waals surface area contributed by atoms with Crippen molar-refractivity contribution in [2.24, 2.45) is 11.8 Å². The highest BCUT2D eigenvalue weighted by Gasteiger charge is 2.36. The Morgan fingerprint density at radius 1 is 1.27 bits per heavy atom. The Balaban J connectivity index is 1.64. The molecule has 2 fully saturated rings. The molecule has 8 heteroatoms. The van der Waals surface area contributed by atoms with Crippen molar-refractivity contribution in [3.8, 4) is 5.75 Å². The molecule has 1 amide bonds. The first kappa shape index (κ1) is 19.0. The number of likely N-dealkylation sites (tertiary alicyclic amines) is 1. The highest BCUT2D eigenvalue weighted by molar-refractivity contribution is 5.94. The monoisotopic (exact) mass is 370 g/mol. The number of alkyl halides is 2. The van der Waals surface area contributed by atoms with Crippen molar-refractivity contribution < 1.29 is 28.2 Å². The molecule has 0 saturated carbocycles. The van der Waals surface area contributed by atoms with E-state index < -0.39 is 6.61 Å². The quantitative estimate of drug-likeness (QED) is 0.818. The minimum atomic E-state index is -2.93. The van der Waals surface area contributed by atoms with Crippen molar-refractivity contribution in [2.45, 2.75) is 6.61 Å². The molecule has 26 heavy (non-hydrogen) atoms. The smallest absolute Gasteiger partial charge is 0.387 e. The Morgan fingerprint density at radius 2 is 2.00 bits per heavy atom. The molecule has 2 aliphatic heterocycles. The molecule has 1 aromatic carbocycles. The van der Waals surface area contributed by atoms with E-state index in [2.05, 4.69) is 9.64 Å². The average Bonchev–Trinajstić information content (AvgIpc) is 3.04. The predicted octanol–water partition coefficient (Wildman–Crippen LogP) is 1.30. The van der Waals surface area contributed by atoms with Crippen LogP contribution in [0.5, 0.6) is 5.75 Å². The lowest BCUT2D eigenvalue weighted by molar-refractivity contribution is -0.0499. The number of carbonyl (C=O) groups is 1. The van der Waals surface area contributed by atoms with Crippen molar-refractivity contribution >= 4 is 5.91 Å². The van der Waals surface area contributed by atoms with E-state index in [0.717, 1.165) is 19.6 Å². The van der Waals surface area contributed by atoms with Gasteiger partial charge >= 0.3 is 6.61 Å². The first-order valence-corrected chi connectivity index (χ1v) is 8.82. The molecule has 2 unspecified atom stereocenters. The first-order chi connectivity index (χ1) is 12.6. The van der Waals surface area contributed by atoms with Crippen LogP contribution in [0.4, 0.5) is 8.78 Å². The number of ether oxygens (including phenoxy) is 2. The third-order valence-corrected chi connectivity index (χ3v) is 5.00. The molecule has 2 saturated heterocycles. The molecule has 0 aromatic heterocycles. The molecule has 2 atom stereocenters. The summed E-state index contributed by atoms with van der Waals surface area (Å²) in [7, 11) is 0. The minimum Gasteiger partial charge on any atom is -0.435 e. The summed E-state index contributed by atoms with van der Waals surface area (Å²) in [6, 6.07) is 5.84. The Labute approximate surface area is 151 Å². The molecule has 1 N–H and O–H groups in total. The highest BCUT2D eigenvalue weighted by atomic mass is 19.3. The first-order valence-electron chi connectivity index (χ1n) is 8.82. The zero-order valence-electron chi connectivity index (χ0n) is 14.5. The van der Waals surface area contributed by atoms with Gasteiger partial charge in [0.1, 0.15) is 5.75 Å². The zero-order chi connectivity index (χ0) is 18.5. The van der Waals surface area contributed by atoms with Gasteiger partial charge in [-0.25, -0.2) is 0 Å². The Hall–Kier alpha value is -1.77. The van der Waals surface area contributed by atoms with E-state index >= 15 is 0 Å². The van der Waals surface area contributed by atoms with Gasteiger partial charge in [0.25, 0.3) is 5.91 Å². The van der Waals surface area contributed by atoms with E-state index in [1.54, 1.807) is 11.0 Å². The van der Waals surface area contributed by atoms with Gasteiger partial charge in [0.05, 0.1) is 13.2 Å². The highest BCUT2D eigenvalue weighted by Crippen LogP contribution is 2.27. The van der Waals surface area contributed by atoms with E-state index in [-0.39, 0.29) is 30.1 Å². The summed E-state index contributed by atoms with van der Waals surface area (Å²) in [4.78, 5) is 16.7. The fourth-order valence-corrected chi connectivity index (χ4v) is 3.62. The van der Waals surface area contributed by atoms with Crippen molar-refractivity contribution in [1.29, 1.82) is 0 Å². The molecule has 6 nitrogen and oxygen atoms in total. The van der Waals surface area contributed by atoms with Gasteiger partial charge in [0.15, 0.2) is 0 Å². The van der Waals surface area contributed by atoms with E-state index in [9.17, 15) is 18.7 Å². The summed E-state index contributed by atoms with van der Waals surface area (Å²) in [5, 5.41) is 9.69. The summed E-state index contributed by atoms with van der Waals surface area (Å²) in [6.07, 6.45) is 0. The third kappa shape index (κ3) is 4.69. The molecule has 0 spiro atoms. The molecule has 3 rings (SSSR count). The van der Waals surface area contributed by atoms with Crippen LogP contribution in [-0.2, 0) is 4.74 Å². The number of aliphatic hydroxyl groups is 1. The maximum absolute atomic E-state index is 12.8. The van der Waals surface area contributed by atoms with Gasteiger partial charge in [-0.3, -0.25) is 9.69 Å². The molecular formula is C18H24F2N2O4. The second kappa shape index (κ2) is 8.75. The van der Waals surface area contributed by atoms with Gasteiger partial charge < -0.3 is 19.5 Å². The number of benzene rings is 1. The van der Waals surface area contributed by atoms with Crippen molar-refractivity contribution in [1.82, 2.24) is 9.80 Å². The van der Waals surface area contributed by atoms with Crippen LogP contribution < -0.4 is 4.74 Å². The lowest BCUT2D eigenvalue weighted by atomic mass is 9.96. The van der Waals surface area contributed by atoms with Crippen molar-refractivity contribution in [3.63, 3.8) is 0 Å². The molecule has 144 valence electrons. The van der Waals surface area contributed by atoms with Crippen LogP contribution in [0.1, 0.15) is 10.4 Å². The Bertz CT molecular complexity index is 611. The number of nitrogens with zero attached hydrogens (tertiary/aromatic N) is 2. The number of hydrogen-bond acceptors (Lipinski definition) is 5. The van der Waals surface area contributed by atoms with Crippen LogP contribution in [0.3, 0.4) is 0 Å². The fraction of sp³-hybridized carbons (Fsp3) is 0.611.